The van der Waals surface area contributed by atoms with Crippen molar-refractivity contribution in [2.24, 2.45) is 0 Å². The Kier molecular flexibility index (Phi) is 6.79. The molecule has 0 fully saturated rings. The summed E-state index contributed by atoms with van der Waals surface area (Å²) in [7, 11) is 1.61. The van der Waals surface area contributed by atoms with Gasteiger partial charge in [-0.25, -0.2) is 0 Å². The molecule has 1 N–H and O–H groups in total. The van der Waals surface area contributed by atoms with Gasteiger partial charge in [0.05, 0.1) is 7.11 Å². The van der Waals surface area contributed by atoms with Gasteiger partial charge in [0.2, 0.25) is 0 Å². The molecule has 4 nitrogen and oxygen atoms in total. The van der Waals surface area contributed by atoms with E-state index >= 15 is 0 Å². The van der Waals surface area contributed by atoms with Crippen molar-refractivity contribution in [1.82, 2.24) is 5.32 Å². The first-order valence-corrected chi connectivity index (χ1v) is 6.79. The summed E-state index contributed by atoms with van der Waals surface area (Å²) in [6.07, 6.45) is 2.23. The van der Waals surface area contributed by atoms with Gasteiger partial charge in [0.1, 0.15) is 11.5 Å². The maximum atomic E-state index is 11.9. The van der Waals surface area contributed by atoms with Gasteiger partial charge in [-0.2, -0.15) is 0 Å². The number of ether oxygens (including phenoxy) is 2. The number of unbranched alkanes of at least 4 members (excludes halogenated alkanes) is 1. The molecule has 1 rings (SSSR count). The number of hydrogen-bond acceptors (Lipinski definition) is 3. The van der Waals surface area contributed by atoms with Crippen LogP contribution in [0.1, 0.15) is 33.1 Å². The number of benzene rings is 1. The minimum Gasteiger partial charge on any atom is -0.497 e. The molecule has 1 aromatic carbocycles. The third-order valence-corrected chi connectivity index (χ3v) is 2.81. The first-order valence-electron chi connectivity index (χ1n) is 6.79. The van der Waals surface area contributed by atoms with E-state index in [-0.39, 0.29) is 5.91 Å². The molecule has 19 heavy (non-hydrogen) atoms. The third-order valence-electron chi connectivity index (χ3n) is 2.81. The molecule has 0 bridgehead atoms. The number of methoxy groups -OCH3 is 1. The Morgan fingerprint density at radius 1 is 1.32 bits per heavy atom. The standard InChI is InChI=1S/C15H23NO3/c1-4-6-10-16-15(17)14(5-2)19-13-9-7-8-12(11-13)18-3/h7-9,11,14H,4-6,10H2,1-3H3,(H,16,17)/t14-/m0/s1. The van der Waals surface area contributed by atoms with E-state index in [0.717, 1.165) is 18.6 Å². The van der Waals surface area contributed by atoms with Crippen molar-refractivity contribution in [2.75, 3.05) is 13.7 Å². The monoisotopic (exact) mass is 265 g/mol. The molecule has 0 aliphatic heterocycles. The second-order valence-electron chi connectivity index (χ2n) is 4.34. The largest absolute Gasteiger partial charge is 0.497 e. The number of hydrogen-bond donors (Lipinski definition) is 1. The van der Waals surface area contributed by atoms with Gasteiger partial charge in [0, 0.05) is 12.6 Å². The molecular weight excluding hydrogens is 242 g/mol. The summed E-state index contributed by atoms with van der Waals surface area (Å²) in [5, 5.41) is 2.89. The molecule has 0 unspecified atom stereocenters. The molecule has 4 heteroatoms. The highest BCUT2D eigenvalue weighted by Crippen LogP contribution is 2.20. The van der Waals surface area contributed by atoms with Crippen LogP contribution in [0.4, 0.5) is 0 Å². The topological polar surface area (TPSA) is 47.6 Å². The third kappa shape index (κ3) is 5.20. The first kappa shape index (κ1) is 15.3. The molecule has 0 heterocycles. The van der Waals surface area contributed by atoms with Crippen LogP contribution in [0.25, 0.3) is 0 Å². The molecule has 1 amide bonds. The van der Waals surface area contributed by atoms with E-state index < -0.39 is 6.10 Å². The summed E-state index contributed by atoms with van der Waals surface area (Å²) in [6.45, 7) is 4.73. The number of rotatable bonds is 8. The fourth-order valence-electron chi connectivity index (χ4n) is 1.66. The molecule has 1 aromatic rings. The summed E-state index contributed by atoms with van der Waals surface area (Å²) in [5.74, 6) is 1.31. The molecular formula is C15H23NO3. The van der Waals surface area contributed by atoms with Crippen molar-refractivity contribution in [2.45, 2.75) is 39.2 Å². The fraction of sp³-hybridized carbons (Fsp3) is 0.533. The van der Waals surface area contributed by atoms with Crippen molar-refractivity contribution >= 4 is 5.91 Å². The Balaban J connectivity index is 2.57. The number of amides is 1. The second kappa shape index (κ2) is 8.40. The molecule has 0 aromatic heterocycles. The Hall–Kier alpha value is -1.71. The van der Waals surface area contributed by atoms with Crippen molar-refractivity contribution in [1.29, 1.82) is 0 Å². The predicted molar refractivity (Wildman–Crippen MR) is 75.6 cm³/mol. The first-order chi connectivity index (χ1) is 9.21. The van der Waals surface area contributed by atoms with Crippen LogP contribution in [-0.2, 0) is 4.79 Å². The van der Waals surface area contributed by atoms with Gasteiger partial charge >= 0.3 is 0 Å². The minimum absolute atomic E-state index is 0.0567. The Morgan fingerprint density at radius 2 is 2.05 bits per heavy atom. The van der Waals surface area contributed by atoms with E-state index in [2.05, 4.69) is 12.2 Å². The molecule has 0 spiro atoms. The zero-order valence-corrected chi connectivity index (χ0v) is 11.9. The Labute approximate surface area is 115 Å². The lowest BCUT2D eigenvalue weighted by Gasteiger charge is -2.17. The SMILES string of the molecule is CCCCNC(=O)[C@H](CC)Oc1cccc(OC)c1. The van der Waals surface area contributed by atoms with E-state index in [4.69, 9.17) is 9.47 Å². The van der Waals surface area contributed by atoms with Crippen molar-refractivity contribution < 1.29 is 14.3 Å². The number of carbonyl (C=O) groups excluding carboxylic acids is 1. The maximum absolute atomic E-state index is 11.9. The lowest BCUT2D eigenvalue weighted by Crippen LogP contribution is -2.38. The maximum Gasteiger partial charge on any atom is 0.261 e. The molecule has 0 aliphatic carbocycles. The van der Waals surface area contributed by atoms with Crippen LogP contribution in [0, 0.1) is 0 Å². The van der Waals surface area contributed by atoms with Crippen molar-refractivity contribution in [3.05, 3.63) is 24.3 Å². The summed E-state index contributed by atoms with van der Waals surface area (Å²) >= 11 is 0. The molecule has 0 saturated carbocycles. The fourth-order valence-corrected chi connectivity index (χ4v) is 1.66. The number of nitrogens with one attached hydrogen (secondary N) is 1. The Morgan fingerprint density at radius 3 is 2.68 bits per heavy atom. The zero-order chi connectivity index (χ0) is 14.1. The smallest absolute Gasteiger partial charge is 0.261 e. The van der Waals surface area contributed by atoms with Gasteiger partial charge in [-0.1, -0.05) is 26.3 Å². The summed E-state index contributed by atoms with van der Waals surface area (Å²) in [4.78, 5) is 11.9. The predicted octanol–water partition coefficient (Wildman–Crippen LogP) is 2.77. The van der Waals surface area contributed by atoms with Gasteiger partial charge in [0.15, 0.2) is 6.10 Å². The van der Waals surface area contributed by atoms with Crippen LogP contribution < -0.4 is 14.8 Å². The van der Waals surface area contributed by atoms with Crippen LogP contribution in [-0.4, -0.2) is 25.7 Å². The number of carbonyl (C=O) groups is 1. The van der Waals surface area contributed by atoms with E-state index in [1.54, 1.807) is 13.2 Å². The van der Waals surface area contributed by atoms with Crippen LogP contribution in [0.3, 0.4) is 0 Å². The zero-order valence-electron chi connectivity index (χ0n) is 11.9. The van der Waals surface area contributed by atoms with Gasteiger partial charge in [-0.15, -0.1) is 0 Å². The van der Waals surface area contributed by atoms with Crippen LogP contribution in [0.2, 0.25) is 0 Å². The summed E-state index contributed by atoms with van der Waals surface area (Å²) < 4.78 is 10.8. The van der Waals surface area contributed by atoms with Crippen LogP contribution in [0.15, 0.2) is 24.3 Å². The van der Waals surface area contributed by atoms with Gasteiger partial charge in [-0.05, 0) is 25.0 Å². The second-order valence-corrected chi connectivity index (χ2v) is 4.34. The van der Waals surface area contributed by atoms with E-state index in [0.29, 0.717) is 18.7 Å². The van der Waals surface area contributed by atoms with Crippen LogP contribution >= 0.6 is 0 Å². The normalized spacial score (nSPS) is 11.7. The highest BCUT2D eigenvalue weighted by atomic mass is 16.5. The quantitative estimate of drug-likeness (QED) is 0.735. The average molecular weight is 265 g/mol. The molecule has 0 aliphatic rings. The van der Waals surface area contributed by atoms with Gasteiger partial charge in [-0.3, -0.25) is 4.79 Å². The summed E-state index contributed by atoms with van der Waals surface area (Å²) in [6, 6.07) is 7.29. The summed E-state index contributed by atoms with van der Waals surface area (Å²) in [5.41, 5.74) is 0. The highest BCUT2D eigenvalue weighted by Gasteiger charge is 2.17. The molecule has 1 atom stereocenters. The van der Waals surface area contributed by atoms with Gasteiger partial charge in [0.25, 0.3) is 5.91 Å². The molecule has 0 saturated heterocycles. The van der Waals surface area contributed by atoms with Crippen molar-refractivity contribution in [3.8, 4) is 11.5 Å². The van der Waals surface area contributed by atoms with Crippen LogP contribution in [0.5, 0.6) is 11.5 Å². The van der Waals surface area contributed by atoms with E-state index in [1.165, 1.54) is 0 Å². The lowest BCUT2D eigenvalue weighted by atomic mass is 10.2. The van der Waals surface area contributed by atoms with Gasteiger partial charge < -0.3 is 14.8 Å². The van der Waals surface area contributed by atoms with Crippen molar-refractivity contribution in [3.63, 3.8) is 0 Å². The molecule has 106 valence electrons. The van der Waals surface area contributed by atoms with E-state index in [1.807, 2.05) is 25.1 Å². The lowest BCUT2D eigenvalue weighted by molar-refractivity contribution is -0.128. The molecule has 0 radical (unpaired) electrons. The highest BCUT2D eigenvalue weighted by molar-refractivity contribution is 5.81. The average Bonchev–Trinajstić information content (AvgIpc) is 2.45. The Bertz CT molecular complexity index is 393. The minimum atomic E-state index is -0.455. The van der Waals surface area contributed by atoms with E-state index in [9.17, 15) is 4.79 Å².